The van der Waals surface area contributed by atoms with Crippen LogP contribution in [0.4, 0.5) is 0 Å². The molecule has 1 aromatic carbocycles. The fourth-order valence-corrected chi connectivity index (χ4v) is 3.16. The molecule has 1 aromatic rings. The minimum Gasteiger partial charge on any atom is -0.298 e. The Kier molecular flexibility index (Phi) is 1.98. The zero-order valence-electron chi connectivity index (χ0n) is 8.65. The maximum absolute atomic E-state index is 11.1. The number of carbonyl (C=O) groups excluding carboxylic acids is 1. The highest BCUT2D eigenvalue weighted by Crippen LogP contribution is 2.51. The first-order valence-electron chi connectivity index (χ1n) is 5.65. The van der Waals surface area contributed by atoms with Gasteiger partial charge in [0.15, 0.2) is 0 Å². The van der Waals surface area contributed by atoms with E-state index in [1.807, 2.05) is 6.07 Å². The number of rotatable bonds is 2. The van der Waals surface area contributed by atoms with E-state index in [0.717, 1.165) is 11.9 Å². The number of fused-ring (bicyclic) bond motifs is 2. The van der Waals surface area contributed by atoms with Crippen LogP contribution in [0.5, 0.6) is 0 Å². The summed E-state index contributed by atoms with van der Waals surface area (Å²) in [4.78, 5) is 11.1. The highest BCUT2D eigenvalue weighted by atomic mass is 16.1. The molecule has 0 aromatic heterocycles. The Morgan fingerprint density at radius 3 is 2.53 bits per heavy atom. The lowest BCUT2D eigenvalue weighted by Gasteiger charge is -2.16. The van der Waals surface area contributed by atoms with Gasteiger partial charge in [0.2, 0.25) is 0 Å². The van der Waals surface area contributed by atoms with Gasteiger partial charge >= 0.3 is 0 Å². The Balaban J connectivity index is 2.11. The summed E-state index contributed by atoms with van der Waals surface area (Å²) in [6, 6.07) is 10.4. The number of allylic oxidation sites excluding steroid dienone is 2. The van der Waals surface area contributed by atoms with Crippen molar-refractivity contribution in [3.05, 3.63) is 41.5 Å². The lowest BCUT2D eigenvalue weighted by atomic mass is 9.88. The van der Waals surface area contributed by atoms with Crippen molar-refractivity contribution in [1.82, 2.24) is 0 Å². The van der Waals surface area contributed by atoms with Crippen LogP contribution in [0.3, 0.4) is 0 Å². The van der Waals surface area contributed by atoms with Crippen molar-refractivity contribution in [1.29, 1.82) is 0 Å². The van der Waals surface area contributed by atoms with Crippen molar-refractivity contribution in [2.45, 2.75) is 19.3 Å². The van der Waals surface area contributed by atoms with Gasteiger partial charge in [0.25, 0.3) is 0 Å². The largest absolute Gasteiger partial charge is 0.298 e. The predicted octanol–water partition coefficient (Wildman–Crippen LogP) is 3.07. The zero-order valence-corrected chi connectivity index (χ0v) is 8.65. The molecule has 2 aliphatic carbocycles. The van der Waals surface area contributed by atoms with Gasteiger partial charge in [-0.1, -0.05) is 30.3 Å². The molecule has 0 spiro atoms. The van der Waals surface area contributed by atoms with Gasteiger partial charge in [0.1, 0.15) is 6.29 Å². The van der Waals surface area contributed by atoms with E-state index in [1.54, 1.807) is 0 Å². The van der Waals surface area contributed by atoms with Gasteiger partial charge in [-0.3, -0.25) is 4.79 Å². The summed E-state index contributed by atoms with van der Waals surface area (Å²) in [5.41, 5.74) is 3.67. The van der Waals surface area contributed by atoms with E-state index in [-0.39, 0.29) is 0 Å². The molecular formula is C14H14O. The van der Waals surface area contributed by atoms with Crippen molar-refractivity contribution < 1.29 is 4.79 Å². The van der Waals surface area contributed by atoms with Gasteiger partial charge in [-0.05, 0) is 47.8 Å². The van der Waals surface area contributed by atoms with Gasteiger partial charge in [0.05, 0.1) is 0 Å². The SMILES string of the molecule is O=CC1=C(c2ccccc2)C2CCC1C2. The minimum atomic E-state index is 0.558. The average molecular weight is 198 g/mol. The molecule has 3 rings (SSSR count). The smallest absolute Gasteiger partial charge is 0.146 e. The van der Waals surface area contributed by atoms with E-state index in [0.29, 0.717) is 11.8 Å². The van der Waals surface area contributed by atoms with E-state index in [4.69, 9.17) is 0 Å². The van der Waals surface area contributed by atoms with Gasteiger partial charge < -0.3 is 0 Å². The number of carbonyl (C=O) groups is 1. The summed E-state index contributed by atoms with van der Waals surface area (Å²) >= 11 is 0. The van der Waals surface area contributed by atoms with Gasteiger partial charge in [-0.25, -0.2) is 0 Å². The second-order valence-electron chi connectivity index (χ2n) is 4.56. The van der Waals surface area contributed by atoms with Gasteiger partial charge in [0, 0.05) is 0 Å². The van der Waals surface area contributed by atoms with Crippen LogP contribution in [0.15, 0.2) is 35.9 Å². The fourth-order valence-electron chi connectivity index (χ4n) is 3.16. The molecule has 15 heavy (non-hydrogen) atoms. The summed E-state index contributed by atoms with van der Waals surface area (Å²) in [5, 5.41) is 0. The first-order chi connectivity index (χ1) is 7.40. The van der Waals surface area contributed by atoms with Gasteiger partial charge in [-0.15, -0.1) is 0 Å². The van der Waals surface area contributed by atoms with Crippen LogP contribution in [0.2, 0.25) is 0 Å². The van der Waals surface area contributed by atoms with E-state index in [9.17, 15) is 4.79 Å². The molecule has 0 heterocycles. The monoisotopic (exact) mass is 198 g/mol. The molecular weight excluding hydrogens is 184 g/mol. The first-order valence-corrected chi connectivity index (χ1v) is 5.65. The van der Waals surface area contributed by atoms with Crippen LogP contribution in [-0.2, 0) is 4.79 Å². The number of hydrogen-bond acceptors (Lipinski definition) is 1. The first kappa shape index (κ1) is 8.90. The second kappa shape index (κ2) is 3.34. The maximum Gasteiger partial charge on any atom is 0.146 e. The average Bonchev–Trinajstić information content (AvgIpc) is 2.89. The van der Waals surface area contributed by atoms with E-state index < -0.39 is 0 Å². The Bertz CT molecular complexity index is 416. The molecule has 0 radical (unpaired) electrons. The predicted molar refractivity (Wildman–Crippen MR) is 60.3 cm³/mol. The molecule has 0 aliphatic heterocycles. The van der Waals surface area contributed by atoms with Crippen LogP contribution < -0.4 is 0 Å². The highest BCUT2D eigenvalue weighted by Gasteiger charge is 2.39. The van der Waals surface area contributed by atoms with Crippen molar-refractivity contribution in [3.63, 3.8) is 0 Å². The molecule has 2 unspecified atom stereocenters. The summed E-state index contributed by atoms with van der Waals surface area (Å²) in [6.07, 6.45) is 4.78. The molecule has 2 bridgehead atoms. The second-order valence-corrected chi connectivity index (χ2v) is 4.56. The molecule has 0 N–H and O–H groups in total. The Hall–Kier alpha value is -1.37. The van der Waals surface area contributed by atoms with Crippen molar-refractivity contribution in [2.24, 2.45) is 11.8 Å². The Morgan fingerprint density at radius 1 is 1.07 bits per heavy atom. The number of aldehydes is 1. The van der Waals surface area contributed by atoms with Crippen molar-refractivity contribution in [3.8, 4) is 0 Å². The fraction of sp³-hybridized carbons (Fsp3) is 0.357. The lowest BCUT2D eigenvalue weighted by molar-refractivity contribution is -0.105. The Labute approximate surface area is 89.8 Å². The molecule has 0 saturated heterocycles. The Morgan fingerprint density at radius 2 is 1.80 bits per heavy atom. The quantitative estimate of drug-likeness (QED) is 0.667. The molecule has 1 heteroatoms. The lowest BCUT2D eigenvalue weighted by Crippen LogP contribution is -2.03. The summed E-state index contributed by atoms with van der Waals surface area (Å²) < 4.78 is 0. The third-order valence-corrected chi connectivity index (χ3v) is 3.80. The van der Waals surface area contributed by atoms with Gasteiger partial charge in [-0.2, -0.15) is 0 Å². The third-order valence-electron chi connectivity index (χ3n) is 3.80. The molecule has 1 saturated carbocycles. The normalized spacial score (nSPS) is 28.5. The summed E-state index contributed by atoms with van der Waals surface area (Å²) in [7, 11) is 0. The molecule has 1 nitrogen and oxygen atoms in total. The number of hydrogen-bond donors (Lipinski definition) is 0. The zero-order chi connectivity index (χ0) is 10.3. The minimum absolute atomic E-state index is 0.558. The van der Waals surface area contributed by atoms with Crippen LogP contribution in [0, 0.1) is 11.8 Å². The van der Waals surface area contributed by atoms with Crippen LogP contribution >= 0.6 is 0 Å². The van der Waals surface area contributed by atoms with Crippen molar-refractivity contribution in [2.75, 3.05) is 0 Å². The maximum atomic E-state index is 11.1. The third kappa shape index (κ3) is 1.26. The van der Waals surface area contributed by atoms with Crippen LogP contribution in [-0.4, -0.2) is 6.29 Å². The molecule has 1 fully saturated rings. The molecule has 0 amide bonds. The molecule has 2 aliphatic rings. The van der Waals surface area contributed by atoms with E-state index >= 15 is 0 Å². The topological polar surface area (TPSA) is 17.1 Å². The van der Waals surface area contributed by atoms with E-state index in [2.05, 4.69) is 24.3 Å². The van der Waals surface area contributed by atoms with Crippen LogP contribution in [0.25, 0.3) is 5.57 Å². The summed E-state index contributed by atoms with van der Waals surface area (Å²) in [5.74, 6) is 1.21. The van der Waals surface area contributed by atoms with Crippen LogP contribution in [0.1, 0.15) is 24.8 Å². The number of benzene rings is 1. The standard InChI is InChI=1S/C14H14O/c15-9-13-11-6-7-12(8-11)14(13)10-4-2-1-3-5-10/h1-5,9,11-12H,6-8H2. The van der Waals surface area contributed by atoms with Crippen molar-refractivity contribution >= 4 is 11.9 Å². The van der Waals surface area contributed by atoms with E-state index in [1.165, 1.54) is 30.4 Å². The molecule has 2 atom stereocenters. The summed E-state index contributed by atoms with van der Waals surface area (Å²) in [6.45, 7) is 0. The highest BCUT2D eigenvalue weighted by molar-refractivity contribution is 5.92. The molecule has 76 valence electrons.